The van der Waals surface area contributed by atoms with E-state index in [1.807, 2.05) is 0 Å². The third-order valence-corrected chi connectivity index (χ3v) is 2.41. The Labute approximate surface area is 79.8 Å². The van der Waals surface area contributed by atoms with E-state index in [1.165, 1.54) is 6.54 Å². The van der Waals surface area contributed by atoms with Crippen LogP contribution in [-0.2, 0) is 4.74 Å². The lowest BCUT2D eigenvalue weighted by Gasteiger charge is -2.20. The van der Waals surface area contributed by atoms with Crippen molar-refractivity contribution in [3.8, 4) is 0 Å². The largest absolute Gasteiger partial charge is 0.377 e. The molecule has 12 heavy (non-hydrogen) atoms. The van der Waals surface area contributed by atoms with Crippen LogP contribution in [0.1, 0.15) is 19.8 Å². The van der Waals surface area contributed by atoms with Gasteiger partial charge in [0, 0.05) is 25.6 Å². The van der Waals surface area contributed by atoms with Crippen LogP contribution in [0.2, 0.25) is 0 Å². The van der Waals surface area contributed by atoms with Crippen LogP contribution in [0.25, 0.3) is 0 Å². The van der Waals surface area contributed by atoms with Gasteiger partial charge in [0.1, 0.15) is 0 Å². The van der Waals surface area contributed by atoms with Gasteiger partial charge in [0.2, 0.25) is 0 Å². The van der Waals surface area contributed by atoms with Crippen molar-refractivity contribution in [2.24, 2.45) is 0 Å². The van der Waals surface area contributed by atoms with Gasteiger partial charge in [-0.3, -0.25) is 0 Å². The van der Waals surface area contributed by atoms with Crippen LogP contribution in [0, 0.1) is 0 Å². The summed E-state index contributed by atoms with van der Waals surface area (Å²) in [4.78, 5) is 2.44. The zero-order valence-corrected chi connectivity index (χ0v) is 8.52. The van der Waals surface area contributed by atoms with Crippen molar-refractivity contribution in [2.75, 3.05) is 32.1 Å². The van der Waals surface area contributed by atoms with Crippen molar-refractivity contribution in [1.82, 2.24) is 4.90 Å². The highest BCUT2D eigenvalue weighted by molar-refractivity contribution is 6.17. The fourth-order valence-corrected chi connectivity index (χ4v) is 1.69. The molecule has 0 aliphatic carbocycles. The monoisotopic (exact) mass is 191 g/mol. The Hall–Kier alpha value is 0.210. The third-order valence-electron chi connectivity index (χ3n) is 2.14. The summed E-state index contributed by atoms with van der Waals surface area (Å²) in [5.41, 5.74) is 0. The van der Waals surface area contributed by atoms with Gasteiger partial charge in [-0.15, -0.1) is 11.6 Å². The summed E-state index contributed by atoms with van der Waals surface area (Å²) in [6.45, 7) is 6.41. The zero-order chi connectivity index (χ0) is 8.81. The molecule has 0 aromatic heterocycles. The van der Waals surface area contributed by atoms with Gasteiger partial charge in [0.25, 0.3) is 0 Å². The molecule has 0 spiro atoms. The third kappa shape index (κ3) is 3.74. The van der Waals surface area contributed by atoms with E-state index in [0.29, 0.717) is 6.10 Å². The minimum absolute atomic E-state index is 0.392. The molecule has 1 aliphatic heterocycles. The molecular weight excluding hydrogens is 174 g/mol. The number of alkyl halides is 1. The van der Waals surface area contributed by atoms with Gasteiger partial charge < -0.3 is 9.64 Å². The van der Waals surface area contributed by atoms with E-state index in [1.54, 1.807) is 0 Å². The minimum Gasteiger partial charge on any atom is -0.377 e. The van der Waals surface area contributed by atoms with Crippen LogP contribution in [-0.4, -0.2) is 43.1 Å². The Morgan fingerprint density at radius 2 is 2.42 bits per heavy atom. The molecule has 1 unspecified atom stereocenters. The number of ether oxygens (including phenoxy) is 1. The lowest BCUT2D eigenvalue weighted by Crippen LogP contribution is -2.31. The highest BCUT2D eigenvalue weighted by Crippen LogP contribution is 2.05. The van der Waals surface area contributed by atoms with Gasteiger partial charge in [-0.1, -0.05) is 0 Å². The maximum Gasteiger partial charge on any atom is 0.0673 e. The average molecular weight is 192 g/mol. The molecule has 1 fully saturated rings. The number of nitrogens with zero attached hydrogens (tertiary/aromatic N) is 1. The second-order valence-electron chi connectivity index (χ2n) is 3.38. The first-order valence-electron chi connectivity index (χ1n) is 4.73. The molecule has 0 bridgehead atoms. The molecule has 0 amide bonds. The Kier molecular flexibility index (Phi) is 4.96. The highest BCUT2D eigenvalue weighted by Gasteiger charge is 2.13. The Morgan fingerprint density at radius 3 is 3.17 bits per heavy atom. The smallest absolute Gasteiger partial charge is 0.0673 e. The van der Waals surface area contributed by atoms with E-state index >= 15 is 0 Å². The molecule has 3 heteroatoms. The summed E-state index contributed by atoms with van der Waals surface area (Å²) in [5.74, 6) is 0.770. The van der Waals surface area contributed by atoms with E-state index in [9.17, 15) is 0 Å². The van der Waals surface area contributed by atoms with Gasteiger partial charge in [-0.05, 0) is 26.3 Å². The second-order valence-corrected chi connectivity index (χ2v) is 3.76. The van der Waals surface area contributed by atoms with Gasteiger partial charge >= 0.3 is 0 Å². The summed E-state index contributed by atoms with van der Waals surface area (Å²) >= 11 is 5.64. The van der Waals surface area contributed by atoms with Crippen LogP contribution in [0.4, 0.5) is 0 Å². The van der Waals surface area contributed by atoms with Crippen molar-refractivity contribution < 1.29 is 4.74 Å². The quantitative estimate of drug-likeness (QED) is 0.630. The predicted octanol–water partition coefficient (Wildman–Crippen LogP) is 1.73. The second kappa shape index (κ2) is 5.79. The van der Waals surface area contributed by atoms with Crippen molar-refractivity contribution >= 4 is 11.6 Å². The summed E-state index contributed by atoms with van der Waals surface area (Å²) in [6, 6.07) is 0. The van der Waals surface area contributed by atoms with Gasteiger partial charge in [0.05, 0.1) is 6.10 Å². The van der Waals surface area contributed by atoms with E-state index in [2.05, 4.69) is 11.8 Å². The van der Waals surface area contributed by atoms with Crippen molar-refractivity contribution in [2.45, 2.75) is 25.9 Å². The Morgan fingerprint density at radius 1 is 1.58 bits per heavy atom. The van der Waals surface area contributed by atoms with Gasteiger partial charge in [-0.2, -0.15) is 0 Å². The Bertz CT molecular complexity index is 121. The first-order valence-corrected chi connectivity index (χ1v) is 5.26. The standard InChI is InChI=1S/C9H18ClNO/c1-9-8-11(5-2-4-10)6-3-7-12-9/h9H,2-8H2,1H3. The van der Waals surface area contributed by atoms with E-state index in [4.69, 9.17) is 16.3 Å². The molecule has 1 heterocycles. The minimum atomic E-state index is 0.392. The predicted molar refractivity (Wildman–Crippen MR) is 51.8 cm³/mol. The SMILES string of the molecule is CC1CN(CCCCl)CCCO1. The lowest BCUT2D eigenvalue weighted by atomic mass is 10.3. The summed E-state index contributed by atoms with van der Waals surface area (Å²) in [7, 11) is 0. The fraction of sp³-hybridized carbons (Fsp3) is 1.00. The van der Waals surface area contributed by atoms with Crippen molar-refractivity contribution in [3.63, 3.8) is 0 Å². The summed E-state index contributed by atoms with van der Waals surface area (Å²) < 4.78 is 5.54. The molecule has 1 rings (SSSR count). The van der Waals surface area contributed by atoms with E-state index in [-0.39, 0.29) is 0 Å². The molecule has 0 aromatic carbocycles. The van der Waals surface area contributed by atoms with E-state index in [0.717, 1.165) is 38.4 Å². The number of hydrogen-bond acceptors (Lipinski definition) is 2. The van der Waals surface area contributed by atoms with Crippen molar-refractivity contribution in [3.05, 3.63) is 0 Å². The maximum atomic E-state index is 5.64. The number of halogens is 1. The number of rotatable bonds is 3. The molecule has 1 atom stereocenters. The maximum absolute atomic E-state index is 5.64. The van der Waals surface area contributed by atoms with Crippen LogP contribution in [0.15, 0.2) is 0 Å². The lowest BCUT2D eigenvalue weighted by molar-refractivity contribution is 0.0678. The molecule has 2 nitrogen and oxygen atoms in total. The topological polar surface area (TPSA) is 12.5 Å². The Balaban J connectivity index is 2.21. The van der Waals surface area contributed by atoms with Crippen LogP contribution >= 0.6 is 11.6 Å². The van der Waals surface area contributed by atoms with Gasteiger partial charge in [-0.25, -0.2) is 0 Å². The van der Waals surface area contributed by atoms with E-state index < -0.39 is 0 Å². The first kappa shape index (κ1) is 10.3. The molecular formula is C9H18ClNO. The van der Waals surface area contributed by atoms with Crippen molar-refractivity contribution in [1.29, 1.82) is 0 Å². The normalized spacial score (nSPS) is 27.0. The molecule has 0 saturated carbocycles. The molecule has 0 aromatic rings. The van der Waals surface area contributed by atoms with Crippen LogP contribution < -0.4 is 0 Å². The average Bonchev–Trinajstić information content (AvgIpc) is 2.26. The fourth-order valence-electron chi connectivity index (χ4n) is 1.57. The molecule has 1 saturated heterocycles. The summed E-state index contributed by atoms with van der Waals surface area (Å²) in [6.07, 6.45) is 2.64. The molecule has 72 valence electrons. The zero-order valence-electron chi connectivity index (χ0n) is 7.76. The molecule has 0 radical (unpaired) electrons. The first-order chi connectivity index (χ1) is 5.83. The summed E-state index contributed by atoms with van der Waals surface area (Å²) in [5, 5.41) is 0. The molecule has 1 aliphatic rings. The van der Waals surface area contributed by atoms with Crippen LogP contribution in [0.3, 0.4) is 0 Å². The van der Waals surface area contributed by atoms with Crippen LogP contribution in [0.5, 0.6) is 0 Å². The molecule has 0 N–H and O–H groups in total. The van der Waals surface area contributed by atoms with Gasteiger partial charge in [0.15, 0.2) is 0 Å². The highest BCUT2D eigenvalue weighted by atomic mass is 35.5. The number of hydrogen-bond donors (Lipinski definition) is 0.